The van der Waals surface area contributed by atoms with Crippen molar-refractivity contribution in [1.82, 2.24) is 0 Å². The van der Waals surface area contributed by atoms with Crippen LogP contribution in [0.5, 0.6) is 0 Å². The molecule has 5 heteroatoms. The van der Waals surface area contributed by atoms with E-state index in [4.69, 9.17) is 0 Å². The lowest BCUT2D eigenvalue weighted by molar-refractivity contribution is 0.0991. The van der Waals surface area contributed by atoms with E-state index in [2.05, 4.69) is 31.9 Å². The van der Waals surface area contributed by atoms with Gasteiger partial charge >= 0.3 is 0 Å². The quantitative estimate of drug-likeness (QED) is 0.681. The molecule has 0 unspecified atom stereocenters. The first kappa shape index (κ1) is 14.3. The summed E-state index contributed by atoms with van der Waals surface area (Å²) in [6.45, 7) is 0. The highest BCUT2D eigenvalue weighted by molar-refractivity contribution is 9.10. The van der Waals surface area contributed by atoms with E-state index in [0.717, 1.165) is 6.07 Å². The summed E-state index contributed by atoms with van der Waals surface area (Å²) in [4.78, 5) is 12.0. The number of ketones is 1. The maximum absolute atomic E-state index is 13.5. The van der Waals surface area contributed by atoms with Crippen molar-refractivity contribution >= 4 is 37.6 Å². The Morgan fingerprint density at radius 1 is 1.00 bits per heavy atom. The highest BCUT2D eigenvalue weighted by Crippen LogP contribution is 2.20. The first-order valence-corrected chi connectivity index (χ1v) is 6.98. The number of rotatable bonds is 3. The van der Waals surface area contributed by atoms with Gasteiger partial charge in [-0.15, -0.1) is 0 Å². The Balaban J connectivity index is 2.25. The van der Waals surface area contributed by atoms with Gasteiger partial charge in [0.25, 0.3) is 0 Å². The summed E-state index contributed by atoms with van der Waals surface area (Å²) in [6, 6.07) is 8.49. The van der Waals surface area contributed by atoms with E-state index in [0.29, 0.717) is 4.47 Å². The Bertz CT molecular complexity index is 641. The van der Waals surface area contributed by atoms with Gasteiger partial charge in [0, 0.05) is 16.5 Å². The minimum atomic E-state index is -0.513. The van der Waals surface area contributed by atoms with E-state index in [9.17, 15) is 13.6 Å². The fourth-order valence-corrected chi connectivity index (χ4v) is 2.28. The molecule has 2 rings (SSSR count). The largest absolute Gasteiger partial charge is 0.294 e. The average Bonchev–Trinajstić information content (AvgIpc) is 2.37. The van der Waals surface area contributed by atoms with Crippen LogP contribution < -0.4 is 0 Å². The molecule has 0 aliphatic rings. The molecule has 0 radical (unpaired) electrons. The Labute approximate surface area is 125 Å². The Kier molecular flexibility index (Phi) is 4.47. The van der Waals surface area contributed by atoms with Gasteiger partial charge in [0.15, 0.2) is 5.78 Å². The second-order valence-electron chi connectivity index (χ2n) is 3.96. The first-order valence-electron chi connectivity index (χ1n) is 5.39. The fourth-order valence-electron chi connectivity index (χ4n) is 1.62. The van der Waals surface area contributed by atoms with Crippen LogP contribution in [-0.2, 0) is 6.42 Å². The Morgan fingerprint density at radius 3 is 2.42 bits per heavy atom. The van der Waals surface area contributed by atoms with E-state index >= 15 is 0 Å². The molecular weight excluding hydrogens is 382 g/mol. The molecule has 0 aromatic heterocycles. The van der Waals surface area contributed by atoms with Crippen molar-refractivity contribution in [2.24, 2.45) is 0 Å². The molecule has 98 valence electrons. The topological polar surface area (TPSA) is 17.1 Å². The smallest absolute Gasteiger partial charge is 0.167 e. The zero-order chi connectivity index (χ0) is 14.0. The van der Waals surface area contributed by atoms with Crippen LogP contribution in [-0.4, -0.2) is 5.78 Å². The fraction of sp³-hybridized carbons (Fsp3) is 0.0714. The Hall–Kier alpha value is -1.07. The highest BCUT2D eigenvalue weighted by atomic mass is 79.9. The highest BCUT2D eigenvalue weighted by Gasteiger charge is 2.12. The lowest BCUT2D eigenvalue weighted by atomic mass is 10.0. The molecule has 0 heterocycles. The molecule has 2 aromatic rings. The molecule has 0 saturated carbocycles. The van der Waals surface area contributed by atoms with Gasteiger partial charge in [0.05, 0.1) is 4.47 Å². The number of halogens is 4. The lowest BCUT2D eigenvalue weighted by Crippen LogP contribution is -2.05. The van der Waals surface area contributed by atoms with Gasteiger partial charge in [0.2, 0.25) is 0 Å². The zero-order valence-corrected chi connectivity index (χ0v) is 12.8. The lowest BCUT2D eigenvalue weighted by Gasteiger charge is -2.05. The van der Waals surface area contributed by atoms with Crippen LogP contribution in [0.25, 0.3) is 0 Å². The van der Waals surface area contributed by atoms with Gasteiger partial charge in [-0.2, -0.15) is 0 Å². The third-order valence-electron chi connectivity index (χ3n) is 2.60. The molecule has 19 heavy (non-hydrogen) atoms. The monoisotopic (exact) mass is 388 g/mol. The minimum absolute atomic E-state index is 0.105. The zero-order valence-electron chi connectivity index (χ0n) is 9.59. The molecule has 0 aliphatic heterocycles. The predicted molar refractivity (Wildman–Crippen MR) is 76.2 cm³/mol. The molecule has 0 saturated heterocycles. The van der Waals surface area contributed by atoms with E-state index in [-0.39, 0.29) is 27.8 Å². The van der Waals surface area contributed by atoms with Gasteiger partial charge in [-0.3, -0.25) is 4.79 Å². The molecule has 0 bridgehead atoms. The van der Waals surface area contributed by atoms with Gasteiger partial charge < -0.3 is 0 Å². The second-order valence-corrected chi connectivity index (χ2v) is 5.73. The molecule has 0 fully saturated rings. The number of carbonyl (C=O) groups is 1. The number of hydrogen-bond donors (Lipinski definition) is 0. The molecule has 0 amide bonds. The molecule has 0 atom stereocenters. The summed E-state index contributed by atoms with van der Waals surface area (Å²) in [6.07, 6.45) is -0.105. The normalized spacial score (nSPS) is 10.5. The van der Waals surface area contributed by atoms with E-state index in [1.807, 2.05) is 0 Å². The van der Waals surface area contributed by atoms with E-state index in [1.54, 1.807) is 12.1 Å². The number of Topliss-reactive ketones (excluding diaryl/α,β-unsaturated/α-hetero) is 1. The summed E-state index contributed by atoms with van der Waals surface area (Å²) >= 11 is 6.23. The summed E-state index contributed by atoms with van der Waals surface area (Å²) in [7, 11) is 0. The van der Waals surface area contributed by atoms with Crippen molar-refractivity contribution in [2.45, 2.75) is 6.42 Å². The van der Waals surface area contributed by atoms with Gasteiger partial charge in [-0.25, -0.2) is 8.78 Å². The van der Waals surface area contributed by atoms with Crippen LogP contribution in [0.15, 0.2) is 45.3 Å². The van der Waals surface area contributed by atoms with Crippen LogP contribution in [0.4, 0.5) is 8.78 Å². The van der Waals surface area contributed by atoms with Gasteiger partial charge in [-0.05, 0) is 51.8 Å². The van der Waals surface area contributed by atoms with Crippen molar-refractivity contribution in [3.8, 4) is 0 Å². The molecule has 0 N–H and O–H groups in total. The van der Waals surface area contributed by atoms with Crippen molar-refractivity contribution < 1.29 is 13.6 Å². The van der Waals surface area contributed by atoms with Crippen LogP contribution in [0, 0.1) is 11.6 Å². The van der Waals surface area contributed by atoms with Crippen molar-refractivity contribution in [3.63, 3.8) is 0 Å². The Morgan fingerprint density at radius 2 is 1.74 bits per heavy atom. The molecule has 0 aliphatic carbocycles. The first-order chi connectivity index (χ1) is 8.97. The number of benzene rings is 2. The summed E-state index contributed by atoms with van der Waals surface area (Å²) in [5.41, 5.74) is 0.503. The molecule has 1 nitrogen and oxygen atoms in total. The maximum atomic E-state index is 13.5. The van der Waals surface area contributed by atoms with Crippen LogP contribution in [0.2, 0.25) is 0 Å². The second kappa shape index (κ2) is 5.92. The summed E-state index contributed by atoms with van der Waals surface area (Å²) < 4.78 is 27.9. The summed E-state index contributed by atoms with van der Waals surface area (Å²) in [5, 5.41) is 0. The maximum Gasteiger partial charge on any atom is 0.167 e. The van der Waals surface area contributed by atoms with Crippen molar-refractivity contribution in [2.75, 3.05) is 0 Å². The molecule has 0 spiro atoms. The van der Waals surface area contributed by atoms with Crippen LogP contribution >= 0.6 is 31.9 Å². The van der Waals surface area contributed by atoms with Gasteiger partial charge in [-0.1, -0.05) is 22.0 Å². The van der Waals surface area contributed by atoms with Crippen LogP contribution in [0.3, 0.4) is 0 Å². The standard InChI is InChI=1S/C14H8Br2F2O/c15-10-2-4-12(17)9(5-10)7-14(19)8-1-3-11(16)13(18)6-8/h1-6H,7H2. The third kappa shape index (κ3) is 3.48. The predicted octanol–water partition coefficient (Wildman–Crippen LogP) is 4.92. The minimum Gasteiger partial charge on any atom is -0.294 e. The average molecular weight is 390 g/mol. The van der Waals surface area contributed by atoms with Crippen molar-refractivity contribution in [3.05, 3.63) is 68.1 Å². The third-order valence-corrected chi connectivity index (χ3v) is 3.74. The van der Waals surface area contributed by atoms with E-state index in [1.165, 1.54) is 18.2 Å². The van der Waals surface area contributed by atoms with Gasteiger partial charge in [0.1, 0.15) is 11.6 Å². The number of carbonyl (C=O) groups excluding carboxylic acids is 1. The molecule has 2 aromatic carbocycles. The molecular formula is C14H8Br2F2O. The van der Waals surface area contributed by atoms with E-state index < -0.39 is 11.6 Å². The van der Waals surface area contributed by atoms with Crippen molar-refractivity contribution in [1.29, 1.82) is 0 Å². The SMILES string of the molecule is O=C(Cc1cc(Br)ccc1F)c1ccc(Br)c(F)c1. The number of hydrogen-bond acceptors (Lipinski definition) is 1. The summed E-state index contributed by atoms with van der Waals surface area (Å²) in [5.74, 6) is -1.29. The van der Waals surface area contributed by atoms with Crippen LogP contribution in [0.1, 0.15) is 15.9 Å².